The van der Waals surface area contributed by atoms with Crippen LogP contribution < -0.4 is 5.73 Å². The Morgan fingerprint density at radius 3 is 2.57 bits per heavy atom. The topological polar surface area (TPSA) is 58.6 Å². The SMILES string of the molecule is NC(=NO)c1ccc(C#CCCl)cc1. The van der Waals surface area contributed by atoms with Gasteiger partial charge in [0.2, 0.25) is 0 Å². The number of alkyl halides is 1. The minimum atomic E-state index is 0.0850. The lowest BCUT2D eigenvalue weighted by Gasteiger charge is -1.97. The summed E-state index contributed by atoms with van der Waals surface area (Å²) >= 11 is 5.41. The summed E-state index contributed by atoms with van der Waals surface area (Å²) < 4.78 is 0. The molecule has 0 heterocycles. The van der Waals surface area contributed by atoms with Gasteiger partial charge in [-0.2, -0.15) is 0 Å². The van der Waals surface area contributed by atoms with Gasteiger partial charge in [-0.3, -0.25) is 0 Å². The van der Waals surface area contributed by atoms with Crippen molar-refractivity contribution in [3.63, 3.8) is 0 Å². The molecule has 1 rings (SSSR count). The summed E-state index contributed by atoms with van der Waals surface area (Å²) in [5.41, 5.74) is 6.89. The van der Waals surface area contributed by atoms with Crippen LogP contribution in [-0.4, -0.2) is 16.9 Å². The average molecular weight is 209 g/mol. The van der Waals surface area contributed by atoms with Crippen molar-refractivity contribution in [2.45, 2.75) is 0 Å². The average Bonchev–Trinajstić information content (AvgIpc) is 2.26. The molecule has 1 aromatic rings. The highest BCUT2D eigenvalue weighted by atomic mass is 35.5. The molecule has 72 valence electrons. The molecule has 0 aliphatic rings. The number of oxime groups is 1. The standard InChI is InChI=1S/C10H9ClN2O/c11-7-1-2-8-3-5-9(6-4-8)10(12)13-14/h3-6,14H,7H2,(H2,12,13). The molecule has 1 aromatic carbocycles. The van der Waals surface area contributed by atoms with Crippen molar-refractivity contribution in [3.8, 4) is 11.8 Å². The first-order valence-electron chi connectivity index (χ1n) is 3.90. The van der Waals surface area contributed by atoms with E-state index in [-0.39, 0.29) is 5.84 Å². The lowest BCUT2D eigenvalue weighted by atomic mass is 10.1. The van der Waals surface area contributed by atoms with E-state index in [2.05, 4.69) is 17.0 Å². The minimum absolute atomic E-state index is 0.0850. The van der Waals surface area contributed by atoms with E-state index in [1.165, 1.54) is 0 Å². The van der Waals surface area contributed by atoms with Gasteiger partial charge >= 0.3 is 0 Å². The Hall–Kier alpha value is -1.66. The van der Waals surface area contributed by atoms with E-state index >= 15 is 0 Å². The summed E-state index contributed by atoms with van der Waals surface area (Å²) in [6.07, 6.45) is 0. The molecule has 0 aliphatic heterocycles. The van der Waals surface area contributed by atoms with Crippen LogP contribution in [0.5, 0.6) is 0 Å². The van der Waals surface area contributed by atoms with Gasteiger partial charge < -0.3 is 10.9 Å². The Morgan fingerprint density at radius 1 is 1.43 bits per heavy atom. The molecule has 14 heavy (non-hydrogen) atoms. The highest BCUT2D eigenvalue weighted by Gasteiger charge is 1.96. The van der Waals surface area contributed by atoms with Crippen LogP contribution >= 0.6 is 11.6 Å². The van der Waals surface area contributed by atoms with Crippen LogP contribution in [0.15, 0.2) is 29.4 Å². The molecule has 3 N–H and O–H groups in total. The summed E-state index contributed by atoms with van der Waals surface area (Å²) in [5, 5.41) is 11.3. The predicted octanol–water partition coefficient (Wildman–Crippen LogP) is 1.37. The fourth-order valence-corrected chi connectivity index (χ4v) is 0.984. The number of benzene rings is 1. The monoisotopic (exact) mass is 208 g/mol. The van der Waals surface area contributed by atoms with Crippen molar-refractivity contribution >= 4 is 17.4 Å². The van der Waals surface area contributed by atoms with Crippen LogP contribution in [0.25, 0.3) is 0 Å². The number of amidine groups is 1. The van der Waals surface area contributed by atoms with Gasteiger partial charge in [-0.05, 0) is 24.3 Å². The fraction of sp³-hybridized carbons (Fsp3) is 0.100. The molecule has 3 nitrogen and oxygen atoms in total. The molecule has 0 spiro atoms. The second-order valence-corrected chi connectivity index (χ2v) is 2.77. The van der Waals surface area contributed by atoms with Gasteiger partial charge in [0, 0.05) is 11.1 Å². The maximum Gasteiger partial charge on any atom is 0.170 e. The van der Waals surface area contributed by atoms with Crippen molar-refractivity contribution in [2.75, 3.05) is 5.88 Å². The van der Waals surface area contributed by atoms with Gasteiger partial charge in [0.05, 0.1) is 5.88 Å². The largest absolute Gasteiger partial charge is 0.409 e. The van der Waals surface area contributed by atoms with E-state index in [1.54, 1.807) is 24.3 Å². The van der Waals surface area contributed by atoms with Crippen LogP contribution in [0.2, 0.25) is 0 Å². The minimum Gasteiger partial charge on any atom is -0.409 e. The molecular weight excluding hydrogens is 200 g/mol. The first-order valence-corrected chi connectivity index (χ1v) is 4.44. The zero-order valence-corrected chi connectivity index (χ0v) is 8.12. The molecule has 4 heteroatoms. The Morgan fingerprint density at radius 2 is 2.07 bits per heavy atom. The third-order valence-corrected chi connectivity index (χ3v) is 1.72. The van der Waals surface area contributed by atoms with Crippen LogP contribution in [0, 0.1) is 11.8 Å². The first-order chi connectivity index (χ1) is 6.77. The summed E-state index contributed by atoms with van der Waals surface area (Å²) in [7, 11) is 0. The molecule has 0 radical (unpaired) electrons. The molecule has 0 amide bonds. The predicted molar refractivity (Wildman–Crippen MR) is 56.6 cm³/mol. The van der Waals surface area contributed by atoms with Gasteiger partial charge in [-0.25, -0.2) is 0 Å². The van der Waals surface area contributed by atoms with Crippen molar-refractivity contribution < 1.29 is 5.21 Å². The van der Waals surface area contributed by atoms with Crippen molar-refractivity contribution in [1.82, 2.24) is 0 Å². The lowest BCUT2D eigenvalue weighted by Crippen LogP contribution is -2.12. The molecular formula is C10H9ClN2O. The maximum absolute atomic E-state index is 8.42. The number of hydrogen-bond acceptors (Lipinski definition) is 2. The summed E-state index contributed by atoms with van der Waals surface area (Å²) in [4.78, 5) is 0. The van der Waals surface area contributed by atoms with E-state index < -0.39 is 0 Å². The fourth-order valence-electron chi connectivity index (χ4n) is 0.918. The highest BCUT2D eigenvalue weighted by Crippen LogP contribution is 2.02. The molecule has 0 saturated heterocycles. The van der Waals surface area contributed by atoms with Gasteiger partial charge in [0.15, 0.2) is 5.84 Å². The van der Waals surface area contributed by atoms with Crippen LogP contribution in [0.3, 0.4) is 0 Å². The van der Waals surface area contributed by atoms with Gasteiger partial charge in [-0.15, -0.1) is 11.6 Å². The van der Waals surface area contributed by atoms with Crippen LogP contribution in [-0.2, 0) is 0 Å². The number of nitrogens with two attached hydrogens (primary N) is 1. The summed E-state index contributed by atoms with van der Waals surface area (Å²) in [6.45, 7) is 0. The summed E-state index contributed by atoms with van der Waals surface area (Å²) in [5.74, 6) is 5.98. The second kappa shape index (κ2) is 5.15. The molecule has 0 atom stereocenters. The Balaban J connectivity index is 2.89. The zero-order chi connectivity index (χ0) is 10.4. The van der Waals surface area contributed by atoms with E-state index in [4.69, 9.17) is 22.5 Å². The second-order valence-electron chi connectivity index (χ2n) is 2.50. The number of hydrogen-bond donors (Lipinski definition) is 2. The van der Waals surface area contributed by atoms with Crippen molar-refractivity contribution in [2.24, 2.45) is 10.9 Å². The lowest BCUT2D eigenvalue weighted by molar-refractivity contribution is 0.318. The van der Waals surface area contributed by atoms with E-state index in [0.717, 1.165) is 5.56 Å². The smallest absolute Gasteiger partial charge is 0.170 e. The quantitative estimate of drug-likeness (QED) is 0.183. The molecule has 0 aliphatic carbocycles. The van der Waals surface area contributed by atoms with E-state index in [0.29, 0.717) is 11.4 Å². The number of rotatable bonds is 1. The number of halogens is 1. The molecule has 0 aromatic heterocycles. The molecule has 0 unspecified atom stereocenters. The van der Waals surface area contributed by atoms with Gasteiger partial charge in [0.1, 0.15) is 0 Å². The van der Waals surface area contributed by atoms with E-state index in [1.807, 2.05) is 0 Å². The first kappa shape index (κ1) is 10.4. The Labute approximate surface area is 87.2 Å². The third kappa shape index (κ3) is 2.68. The van der Waals surface area contributed by atoms with Crippen LogP contribution in [0.4, 0.5) is 0 Å². The van der Waals surface area contributed by atoms with Crippen molar-refractivity contribution in [3.05, 3.63) is 35.4 Å². The number of nitrogens with zero attached hydrogens (tertiary/aromatic N) is 1. The van der Waals surface area contributed by atoms with E-state index in [9.17, 15) is 0 Å². The normalized spacial score (nSPS) is 10.5. The molecule has 0 saturated carbocycles. The molecule has 0 bridgehead atoms. The van der Waals surface area contributed by atoms with Gasteiger partial charge in [-0.1, -0.05) is 17.0 Å². The third-order valence-electron chi connectivity index (χ3n) is 1.59. The van der Waals surface area contributed by atoms with Crippen LogP contribution in [0.1, 0.15) is 11.1 Å². The highest BCUT2D eigenvalue weighted by molar-refractivity contribution is 6.19. The van der Waals surface area contributed by atoms with Crippen molar-refractivity contribution in [1.29, 1.82) is 0 Å². The summed E-state index contributed by atoms with van der Waals surface area (Å²) in [6, 6.07) is 7.03. The Bertz CT molecular complexity index is 387. The maximum atomic E-state index is 8.42. The molecule has 0 fully saturated rings. The zero-order valence-electron chi connectivity index (χ0n) is 7.37. The van der Waals surface area contributed by atoms with Gasteiger partial charge in [0.25, 0.3) is 0 Å². The Kier molecular flexibility index (Phi) is 3.84.